The molecule has 0 unspecified atom stereocenters. The molecular formula is C21H23NO4. The van der Waals surface area contributed by atoms with Gasteiger partial charge in [-0.3, -0.25) is 4.90 Å². The average molecular weight is 353 g/mol. The van der Waals surface area contributed by atoms with Gasteiger partial charge in [-0.15, -0.1) is 0 Å². The molecule has 136 valence electrons. The summed E-state index contributed by atoms with van der Waals surface area (Å²) in [6.45, 7) is 2.34. The summed E-state index contributed by atoms with van der Waals surface area (Å²) >= 11 is 0. The van der Waals surface area contributed by atoms with Gasteiger partial charge in [0, 0.05) is 31.8 Å². The summed E-state index contributed by atoms with van der Waals surface area (Å²) in [5.41, 5.74) is 2.39. The summed E-state index contributed by atoms with van der Waals surface area (Å²) in [6.07, 6.45) is 2.12. The van der Waals surface area contributed by atoms with Crippen molar-refractivity contribution in [2.75, 3.05) is 20.3 Å². The molecule has 0 aliphatic rings. The van der Waals surface area contributed by atoms with E-state index in [9.17, 15) is 9.59 Å². The molecule has 5 nitrogen and oxygen atoms in total. The van der Waals surface area contributed by atoms with Crippen LogP contribution < -0.4 is 0 Å². The summed E-state index contributed by atoms with van der Waals surface area (Å²) in [4.78, 5) is 24.8. The van der Waals surface area contributed by atoms with Gasteiger partial charge in [0.05, 0.1) is 7.11 Å². The fourth-order valence-electron chi connectivity index (χ4n) is 2.42. The van der Waals surface area contributed by atoms with E-state index < -0.39 is 11.9 Å². The third-order valence-corrected chi connectivity index (χ3v) is 3.71. The molecule has 0 N–H and O–H groups in total. The van der Waals surface area contributed by atoms with E-state index in [-0.39, 0.29) is 6.61 Å². The molecule has 0 bridgehead atoms. The first-order valence-electron chi connectivity index (χ1n) is 8.40. The summed E-state index contributed by atoms with van der Waals surface area (Å²) in [6, 6.07) is 20.3. The van der Waals surface area contributed by atoms with Crippen LogP contribution in [0.4, 0.5) is 0 Å². The Morgan fingerprint density at radius 2 is 1.35 bits per heavy atom. The van der Waals surface area contributed by atoms with Gasteiger partial charge in [-0.1, -0.05) is 60.7 Å². The lowest BCUT2D eigenvalue weighted by molar-refractivity contribution is -0.139. The van der Waals surface area contributed by atoms with Gasteiger partial charge in [-0.2, -0.15) is 0 Å². The number of carbonyl (C=O) groups is 2. The van der Waals surface area contributed by atoms with Gasteiger partial charge in [0.2, 0.25) is 0 Å². The predicted octanol–water partition coefficient (Wildman–Crippen LogP) is 2.96. The highest BCUT2D eigenvalue weighted by Gasteiger charge is 2.08. The molecule has 5 heteroatoms. The zero-order valence-corrected chi connectivity index (χ0v) is 14.8. The van der Waals surface area contributed by atoms with Crippen LogP contribution in [-0.2, 0) is 32.2 Å². The van der Waals surface area contributed by atoms with E-state index in [1.54, 1.807) is 0 Å². The third kappa shape index (κ3) is 7.32. The maximum atomic E-state index is 11.6. The van der Waals surface area contributed by atoms with Crippen molar-refractivity contribution in [3.8, 4) is 0 Å². The second kappa shape index (κ2) is 10.8. The Balaban J connectivity index is 1.90. The first-order chi connectivity index (χ1) is 12.7. The monoisotopic (exact) mass is 353 g/mol. The quantitative estimate of drug-likeness (QED) is 0.512. The number of ether oxygens (including phenoxy) is 2. The number of nitrogens with zero attached hydrogens (tertiary/aromatic N) is 1. The standard InChI is InChI=1S/C21H23NO4/c1-25-20(23)12-13-21(24)26-15-14-22(16-18-8-4-2-5-9-18)17-19-10-6-3-7-11-19/h2-13H,14-17H2,1H3/b13-12+. The van der Waals surface area contributed by atoms with Crippen LogP contribution in [0.2, 0.25) is 0 Å². The van der Waals surface area contributed by atoms with Crippen LogP contribution in [0.5, 0.6) is 0 Å². The highest BCUT2D eigenvalue weighted by Crippen LogP contribution is 2.09. The van der Waals surface area contributed by atoms with Gasteiger partial charge >= 0.3 is 11.9 Å². The molecular weight excluding hydrogens is 330 g/mol. The molecule has 0 saturated heterocycles. The van der Waals surface area contributed by atoms with Gasteiger partial charge in [0.15, 0.2) is 0 Å². The lowest BCUT2D eigenvalue weighted by Crippen LogP contribution is -2.27. The van der Waals surface area contributed by atoms with Gasteiger partial charge in [-0.25, -0.2) is 9.59 Å². The fourth-order valence-corrected chi connectivity index (χ4v) is 2.42. The molecule has 0 saturated carbocycles. The van der Waals surface area contributed by atoms with Crippen molar-refractivity contribution in [1.29, 1.82) is 0 Å². The summed E-state index contributed by atoms with van der Waals surface area (Å²) in [7, 11) is 1.25. The molecule has 0 aliphatic heterocycles. The Labute approximate surface area is 153 Å². The Morgan fingerprint density at radius 1 is 0.846 bits per heavy atom. The number of hydrogen-bond donors (Lipinski definition) is 0. The summed E-state index contributed by atoms with van der Waals surface area (Å²) in [5.74, 6) is -1.15. The van der Waals surface area contributed by atoms with Gasteiger partial charge in [0.1, 0.15) is 6.61 Å². The second-order valence-corrected chi connectivity index (χ2v) is 5.71. The van der Waals surface area contributed by atoms with Crippen LogP contribution in [0.3, 0.4) is 0 Å². The molecule has 2 rings (SSSR count). The second-order valence-electron chi connectivity index (χ2n) is 5.71. The Kier molecular flexibility index (Phi) is 8.09. The first kappa shape index (κ1) is 19.4. The van der Waals surface area contributed by atoms with Crippen LogP contribution >= 0.6 is 0 Å². The molecule has 26 heavy (non-hydrogen) atoms. The van der Waals surface area contributed by atoms with E-state index in [1.807, 2.05) is 36.4 Å². The van der Waals surface area contributed by atoms with E-state index in [4.69, 9.17) is 4.74 Å². The van der Waals surface area contributed by atoms with Crippen molar-refractivity contribution in [2.45, 2.75) is 13.1 Å². The maximum absolute atomic E-state index is 11.6. The molecule has 0 heterocycles. The van der Waals surface area contributed by atoms with Crippen molar-refractivity contribution < 1.29 is 19.1 Å². The Morgan fingerprint density at radius 3 is 1.85 bits per heavy atom. The van der Waals surface area contributed by atoms with Crippen LogP contribution in [0.15, 0.2) is 72.8 Å². The van der Waals surface area contributed by atoms with Crippen LogP contribution in [0.1, 0.15) is 11.1 Å². The Hall–Kier alpha value is -2.92. The topological polar surface area (TPSA) is 55.8 Å². The van der Waals surface area contributed by atoms with Crippen molar-refractivity contribution in [3.63, 3.8) is 0 Å². The first-order valence-corrected chi connectivity index (χ1v) is 8.40. The average Bonchev–Trinajstić information content (AvgIpc) is 2.67. The van der Waals surface area contributed by atoms with E-state index in [0.717, 1.165) is 25.2 Å². The zero-order valence-electron chi connectivity index (χ0n) is 14.8. The Bertz CT molecular complexity index is 672. The molecule has 0 aromatic heterocycles. The normalized spacial score (nSPS) is 10.8. The van der Waals surface area contributed by atoms with Gasteiger partial charge < -0.3 is 9.47 Å². The van der Waals surface area contributed by atoms with Crippen LogP contribution in [-0.4, -0.2) is 37.1 Å². The number of hydrogen-bond acceptors (Lipinski definition) is 5. The van der Waals surface area contributed by atoms with Crippen molar-refractivity contribution >= 4 is 11.9 Å². The predicted molar refractivity (Wildman–Crippen MR) is 99.1 cm³/mol. The zero-order chi connectivity index (χ0) is 18.6. The molecule has 0 spiro atoms. The summed E-state index contributed by atoms with van der Waals surface area (Å²) < 4.78 is 9.60. The maximum Gasteiger partial charge on any atom is 0.331 e. The number of carbonyl (C=O) groups excluding carboxylic acids is 2. The van der Waals surface area contributed by atoms with Gasteiger partial charge in [0.25, 0.3) is 0 Å². The van der Waals surface area contributed by atoms with E-state index >= 15 is 0 Å². The number of methoxy groups -OCH3 is 1. The summed E-state index contributed by atoms with van der Waals surface area (Å²) in [5, 5.41) is 0. The minimum Gasteiger partial charge on any atom is -0.466 e. The molecule has 0 radical (unpaired) electrons. The molecule has 0 amide bonds. The largest absolute Gasteiger partial charge is 0.466 e. The van der Waals surface area contributed by atoms with Crippen molar-refractivity contribution in [1.82, 2.24) is 4.90 Å². The SMILES string of the molecule is COC(=O)/C=C/C(=O)OCCN(Cc1ccccc1)Cc1ccccc1. The van der Waals surface area contributed by atoms with Gasteiger partial charge in [-0.05, 0) is 11.1 Å². The highest BCUT2D eigenvalue weighted by atomic mass is 16.5. The number of esters is 2. The number of benzene rings is 2. The third-order valence-electron chi connectivity index (χ3n) is 3.71. The fraction of sp³-hybridized carbons (Fsp3) is 0.238. The number of rotatable bonds is 9. The highest BCUT2D eigenvalue weighted by molar-refractivity contribution is 5.91. The molecule has 0 aliphatic carbocycles. The van der Waals surface area contributed by atoms with Crippen LogP contribution in [0.25, 0.3) is 0 Å². The lowest BCUT2D eigenvalue weighted by atomic mass is 10.1. The molecule has 0 atom stereocenters. The van der Waals surface area contributed by atoms with E-state index in [0.29, 0.717) is 6.54 Å². The van der Waals surface area contributed by atoms with E-state index in [1.165, 1.54) is 18.2 Å². The van der Waals surface area contributed by atoms with E-state index in [2.05, 4.69) is 33.9 Å². The molecule has 2 aromatic rings. The minimum absolute atomic E-state index is 0.240. The minimum atomic E-state index is -0.586. The van der Waals surface area contributed by atoms with Crippen molar-refractivity contribution in [3.05, 3.63) is 83.9 Å². The molecule has 2 aromatic carbocycles. The van der Waals surface area contributed by atoms with Crippen molar-refractivity contribution in [2.24, 2.45) is 0 Å². The molecule has 0 fully saturated rings. The van der Waals surface area contributed by atoms with Crippen LogP contribution in [0, 0.1) is 0 Å². The smallest absolute Gasteiger partial charge is 0.331 e. The lowest BCUT2D eigenvalue weighted by Gasteiger charge is -2.22.